The standard InChI is InChI=1S/C16H26NO3Si/c1-8-12(18)11-9-10-17-15(19-5)13(11)14(16(2,3)4)20-21(6)7/h9-10,14H,8H2,1-7H3. The Bertz CT molecular complexity index is 495. The number of carbonyl (C=O) groups is 1. The number of rotatable bonds is 6. The monoisotopic (exact) mass is 308 g/mol. The Morgan fingerprint density at radius 1 is 1.38 bits per heavy atom. The van der Waals surface area contributed by atoms with Gasteiger partial charge in [0, 0.05) is 18.2 Å². The largest absolute Gasteiger partial charge is 0.481 e. The van der Waals surface area contributed by atoms with Crippen molar-refractivity contribution >= 4 is 14.8 Å². The first-order valence-electron chi connectivity index (χ1n) is 7.25. The van der Waals surface area contributed by atoms with Gasteiger partial charge < -0.3 is 9.16 Å². The van der Waals surface area contributed by atoms with Crippen LogP contribution in [-0.2, 0) is 4.43 Å². The number of carbonyl (C=O) groups excluding carboxylic acids is 1. The van der Waals surface area contributed by atoms with Crippen molar-refractivity contribution in [1.82, 2.24) is 4.98 Å². The molecule has 0 aliphatic rings. The predicted octanol–water partition coefficient (Wildman–Crippen LogP) is 4.04. The molecule has 1 aromatic heterocycles. The highest BCUT2D eigenvalue weighted by atomic mass is 28.3. The normalized spacial score (nSPS) is 13.3. The van der Waals surface area contributed by atoms with Crippen molar-refractivity contribution in [2.75, 3.05) is 7.11 Å². The lowest BCUT2D eigenvalue weighted by atomic mass is 9.82. The maximum absolute atomic E-state index is 12.3. The molecule has 0 aliphatic heterocycles. The number of hydrogen-bond donors (Lipinski definition) is 0. The summed E-state index contributed by atoms with van der Waals surface area (Å²) in [4.78, 5) is 16.6. The Morgan fingerprint density at radius 2 is 2.00 bits per heavy atom. The summed E-state index contributed by atoms with van der Waals surface area (Å²) in [6.07, 6.45) is 1.86. The highest BCUT2D eigenvalue weighted by Crippen LogP contribution is 2.42. The van der Waals surface area contributed by atoms with Gasteiger partial charge in [0.25, 0.3) is 0 Å². The molecule has 1 unspecified atom stereocenters. The minimum Gasteiger partial charge on any atom is -0.481 e. The van der Waals surface area contributed by atoms with E-state index in [0.29, 0.717) is 17.9 Å². The second kappa shape index (κ2) is 7.18. The van der Waals surface area contributed by atoms with E-state index in [1.807, 2.05) is 6.92 Å². The summed E-state index contributed by atoms with van der Waals surface area (Å²) < 4.78 is 11.6. The Labute approximate surface area is 129 Å². The zero-order chi connectivity index (χ0) is 16.2. The van der Waals surface area contributed by atoms with E-state index in [0.717, 1.165) is 5.56 Å². The van der Waals surface area contributed by atoms with Crippen LogP contribution in [0, 0.1) is 5.41 Å². The maximum atomic E-state index is 12.3. The van der Waals surface area contributed by atoms with Gasteiger partial charge in [0.1, 0.15) is 0 Å². The van der Waals surface area contributed by atoms with Gasteiger partial charge in [-0.2, -0.15) is 0 Å². The van der Waals surface area contributed by atoms with Crippen molar-refractivity contribution in [3.8, 4) is 5.88 Å². The highest BCUT2D eigenvalue weighted by Gasteiger charge is 2.34. The molecule has 1 radical (unpaired) electrons. The van der Waals surface area contributed by atoms with Gasteiger partial charge in [-0.1, -0.05) is 27.7 Å². The van der Waals surface area contributed by atoms with Crippen molar-refractivity contribution < 1.29 is 14.0 Å². The van der Waals surface area contributed by atoms with Gasteiger partial charge in [-0.25, -0.2) is 4.98 Å². The van der Waals surface area contributed by atoms with Gasteiger partial charge >= 0.3 is 0 Å². The molecule has 0 fully saturated rings. The molecule has 0 aromatic carbocycles. The van der Waals surface area contributed by atoms with Crippen molar-refractivity contribution in [3.05, 3.63) is 23.4 Å². The number of ketones is 1. The number of ether oxygens (including phenoxy) is 1. The third kappa shape index (κ3) is 4.38. The summed E-state index contributed by atoms with van der Waals surface area (Å²) in [6, 6.07) is 1.77. The number of nitrogens with zero attached hydrogens (tertiary/aromatic N) is 1. The lowest BCUT2D eigenvalue weighted by Crippen LogP contribution is -2.28. The number of hydrogen-bond acceptors (Lipinski definition) is 4. The molecule has 1 aromatic rings. The molecule has 117 valence electrons. The van der Waals surface area contributed by atoms with E-state index < -0.39 is 9.04 Å². The Hall–Kier alpha value is -1.20. The molecule has 0 N–H and O–H groups in total. The fraction of sp³-hybridized carbons (Fsp3) is 0.625. The minimum absolute atomic E-state index is 0.0875. The molecule has 4 nitrogen and oxygen atoms in total. The van der Waals surface area contributed by atoms with Gasteiger partial charge in [0.2, 0.25) is 14.9 Å². The van der Waals surface area contributed by atoms with E-state index in [9.17, 15) is 4.79 Å². The fourth-order valence-electron chi connectivity index (χ4n) is 2.21. The molecule has 1 atom stereocenters. The smallest absolute Gasteiger partial charge is 0.219 e. The van der Waals surface area contributed by atoms with Crippen LogP contribution >= 0.6 is 0 Å². The van der Waals surface area contributed by atoms with Crippen molar-refractivity contribution in [2.45, 2.75) is 53.3 Å². The quantitative estimate of drug-likeness (QED) is 0.588. The van der Waals surface area contributed by atoms with Crippen LogP contribution in [0.5, 0.6) is 5.88 Å². The average Bonchev–Trinajstić information content (AvgIpc) is 2.41. The Kier molecular flexibility index (Phi) is 6.10. The Morgan fingerprint density at radius 3 is 2.43 bits per heavy atom. The SMILES string of the molecule is CCC(=O)c1ccnc(OC)c1C(O[Si](C)C)C(C)(C)C. The van der Waals surface area contributed by atoms with Crippen molar-refractivity contribution in [1.29, 1.82) is 0 Å². The Balaban J connectivity index is 3.50. The van der Waals surface area contributed by atoms with Gasteiger partial charge in [0.15, 0.2) is 5.78 Å². The van der Waals surface area contributed by atoms with E-state index in [4.69, 9.17) is 9.16 Å². The van der Waals surface area contributed by atoms with Crippen LogP contribution in [0.3, 0.4) is 0 Å². The summed E-state index contributed by atoms with van der Waals surface area (Å²) in [5.74, 6) is 0.571. The van der Waals surface area contributed by atoms with E-state index in [2.05, 4.69) is 38.8 Å². The molecular weight excluding hydrogens is 282 g/mol. The van der Waals surface area contributed by atoms with Gasteiger partial charge in [-0.05, 0) is 24.6 Å². The summed E-state index contributed by atoms with van der Waals surface area (Å²) >= 11 is 0. The molecule has 0 amide bonds. The lowest BCUT2D eigenvalue weighted by Gasteiger charge is -2.34. The summed E-state index contributed by atoms with van der Waals surface area (Å²) in [5.41, 5.74) is 1.29. The molecular formula is C16H26NO3Si. The summed E-state index contributed by atoms with van der Waals surface area (Å²) in [5, 5.41) is 0. The second-order valence-electron chi connectivity index (χ2n) is 6.33. The minimum atomic E-state index is -0.930. The summed E-state index contributed by atoms with van der Waals surface area (Å²) in [7, 11) is 0.648. The molecule has 21 heavy (non-hydrogen) atoms. The molecule has 0 bridgehead atoms. The number of aromatic nitrogens is 1. The van der Waals surface area contributed by atoms with Crippen LogP contribution < -0.4 is 4.74 Å². The van der Waals surface area contributed by atoms with Crippen molar-refractivity contribution in [3.63, 3.8) is 0 Å². The van der Waals surface area contributed by atoms with Crippen LogP contribution in [0.1, 0.15) is 56.1 Å². The zero-order valence-corrected chi connectivity index (χ0v) is 15.1. The topological polar surface area (TPSA) is 48.4 Å². The van der Waals surface area contributed by atoms with Crippen LogP contribution in [-0.4, -0.2) is 26.9 Å². The second-order valence-corrected chi connectivity index (χ2v) is 8.38. The van der Waals surface area contributed by atoms with E-state index in [-0.39, 0.29) is 17.3 Å². The maximum Gasteiger partial charge on any atom is 0.219 e. The highest BCUT2D eigenvalue weighted by molar-refractivity contribution is 6.48. The van der Waals surface area contributed by atoms with Gasteiger partial charge in [-0.15, -0.1) is 0 Å². The van der Waals surface area contributed by atoms with Gasteiger partial charge in [-0.3, -0.25) is 4.79 Å². The number of pyridine rings is 1. The summed E-state index contributed by atoms with van der Waals surface area (Å²) in [6.45, 7) is 12.4. The van der Waals surface area contributed by atoms with E-state index in [1.165, 1.54) is 0 Å². The lowest BCUT2D eigenvalue weighted by molar-refractivity contribution is 0.0802. The first-order chi connectivity index (χ1) is 9.72. The van der Waals surface area contributed by atoms with Crippen LogP contribution in [0.2, 0.25) is 13.1 Å². The van der Waals surface area contributed by atoms with Gasteiger partial charge in [0.05, 0.1) is 18.8 Å². The van der Waals surface area contributed by atoms with Crippen LogP contribution in [0.15, 0.2) is 12.3 Å². The molecule has 0 aliphatic carbocycles. The van der Waals surface area contributed by atoms with E-state index >= 15 is 0 Å². The molecule has 5 heteroatoms. The first kappa shape index (κ1) is 17.8. The molecule has 1 rings (SSSR count). The molecule has 0 saturated heterocycles. The zero-order valence-electron chi connectivity index (χ0n) is 14.1. The van der Waals surface area contributed by atoms with Crippen LogP contribution in [0.25, 0.3) is 0 Å². The molecule has 1 heterocycles. The van der Waals surface area contributed by atoms with Crippen molar-refractivity contribution in [2.24, 2.45) is 5.41 Å². The fourth-order valence-corrected chi connectivity index (χ4v) is 3.15. The number of Topliss-reactive ketones (excluding diaryl/α,β-unsaturated/α-hetero) is 1. The molecule has 0 saturated carbocycles. The first-order valence-corrected chi connectivity index (χ1v) is 9.66. The predicted molar refractivity (Wildman–Crippen MR) is 86.2 cm³/mol. The average molecular weight is 308 g/mol. The third-order valence-corrected chi connectivity index (χ3v) is 3.88. The molecule has 0 spiro atoms. The van der Waals surface area contributed by atoms with E-state index in [1.54, 1.807) is 19.4 Å². The van der Waals surface area contributed by atoms with Crippen LogP contribution in [0.4, 0.5) is 0 Å². The third-order valence-electron chi connectivity index (χ3n) is 3.17. The number of methoxy groups -OCH3 is 1.